The quantitative estimate of drug-likeness (QED) is 0.0380. The van der Waals surface area contributed by atoms with Crippen molar-refractivity contribution in [1.82, 2.24) is 50.5 Å². The van der Waals surface area contributed by atoms with E-state index in [0.717, 1.165) is 61.0 Å². The van der Waals surface area contributed by atoms with Crippen LogP contribution in [0.2, 0.25) is 0 Å². The van der Waals surface area contributed by atoms with Crippen molar-refractivity contribution in [1.29, 1.82) is 0 Å². The highest BCUT2D eigenvalue weighted by atomic mass is 32.1. The first-order chi connectivity index (χ1) is 40.9. The largest absolute Gasteiger partial charge is 0.491 e. The molecule has 24 heteroatoms. The number of aromatic carboxylic acids is 1. The second-order valence-electron chi connectivity index (χ2n) is 22.4. The number of hydrogen-bond acceptors (Lipinski definition) is 18. The lowest BCUT2D eigenvalue weighted by Crippen LogP contribution is -2.57. The third-order valence-electron chi connectivity index (χ3n) is 15.3. The van der Waals surface area contributed by atoms with Crippen molar-refractivity contribution in [3.8, 4) is 28.0 Å². The van der Waals surface area contributed by atoms with Gasteiger partial charge < -0.3 is 45.6 Å². The Morgan fingerprint density at radius 2 is 1.73 bits per heavy atom. The molecule has 3 atom stereocenters. The average molecular weight is 1210 g/mol. The summed E-state index contributed by atoms with van der Waals surface area (Å²) in [5, 5.41) is 40.2. The number of aliphatic hydroxyl groups is 1. The van der Waals surface area contributed by atoms with E-state index in [-0.39, 0.29) is 56.3 Å². The van der Waals surface area contributed by atoms with E-state index in [2.05, 4.69) is 57.8 Å². The number of halogens is 1. The van der Waals surface area contributed by atoms with Crippen LogP contribution in [0.15, 0.2) is 72.2 Å². The normalized spacial score (nSPS) is 16.6. The first-order valence-corrected chi connectivity index (χ1v) is 30.8. The van der Waals surface area contributed by atoms with Gasteiger partial charge in [-0.25, -0.2) is 24.1 Å². The van der Waals surface area contributed by atoms with Crippen LogP contribution in [-0.4, -0.2) is 150 Å². The fourth-order valence-electron chi connectivity index (χ4n) is 10.6. The molecular formula is C61H67FN12O8S3. The zero-order valence-corrected chi connectivity index (χ0v) is 50.4. The molecule has 0 unspecified atom stereocenters. The van der Waals surface area contributed by atoms with Crippen molar-refractivity contribution < 1.29 is 43.3 Å². The summed E-state index contributed by atoms with van der Waals surface area (Å²) in [7, 11) is 0. The number of amides is 4. The van der Waals surface area contributed by atoms with Gasteiger partial charge in [0.25, 0.3) is 0 Å². The predicted octanol–water partition coefficient (Wildman–Crippen LogP) is 8.04. The Morgan fingerprint density at radius 3 is 2.46 bits per heavy atom. The van der Waals surface area contributed by atoms with Gasteiger partial charge in [0.05, 0.1) is 45.6 Å². The van der Waals surface area contributed by atoms with E-state index in [1.807, 2.05) is 88.0 Å². The first kappa shape index (κ1) is 60.2. The van der Waals surface area contributed by atoms with Crippen LogP contribution >= 0.6 is 34.0 Å². The molecule has 444 valence electrons. The van der Waals surface area contributed by atoms with Gasteiger partial charge in [-0.05, 0) is 86.4 Å². The van der Waals surface area contributed by atoms with Gasteiger partial charge >= 0.3 is 5.97 Å². The molecular weight excluding hydrogens is 1140 g/mol. The number of para-hydroxylation sites is 1. The van der Waals surface area contributed by atoms with Gasteiger partial charge in [-0.3, -0.25) is 24.1 Å². The van der Waals surface area contributed by atoms with E-state index in [1.54, 1.807) is 27.8 Å². The number of piperazine rings is 1. The molecule has 0 saturated carbocycles. The molecule has 3 aliphatic rings. The van der Waals surface area contributed by atoms with Gasteiger partial charge in [-0.15, -0.1) is 32.9 Å². The number of rotatable bonds is 19. The molecule has 85 heavy (non-hydrogen) atoms. The van der Waals surface area contributed by atoms with Crippen LogP contribution in [0.1, 0.15) is 96.2 Å². The second kappa shape index (κ2) is 26.5. The third-order valence-corrected chi connectivity index (χ3v) is 18.4. The Hall–Kier alpha value is -7.95. The lowest BCUT2D eigenvalue weighted by Gasteiger charge is -2.35. The number of fused-ring (bicyclic) bond motifs is 2. The number of aryl methyl sites for hydroxylation is 2. The molecule has 2 fully saturated rings. The molecule has 0 aliphatic carbocycles. The van der Waals surface area contributed by atoms with Crippen molar-refractivity contribution in [3.63, 3.8) is 0 Å². The SMILES string of the molecule is Cc1ncsc1-c1ccc(CNC(=O)[C@@H]2C[C@@H](O)CN2C(=O)[C@@H](NC(=O)CCC(=O)N2CCN(CC#Cc3ccc(OCCCc4sc(N5CCCc6c5nnc(Nc5nc7ccccc7s5)c6C)nc4C(=O)O)c(F)c3)CC2)C(C)(C)C)cc1. The van der Waals surface area contributed by atoms with Gasteiger partial charge in [-0.2, -0.15) is 0 Å². The number of aliphatic hydroxyl groups excluding tert-OH is 1. The van der Waals surface area contributed by atoms with Crippen molar-refractivity contribution in [2.45, 2.75) is 104 Å². The fourth-order valence-corrected chi connectivity index (χ4v) is 13.4. The molecule has 3 aromatic carbocycles. The summed E-state index contributed by atoms with van der Waals surface area (Å²) < 4.78 is 22.2. The van der Waals surface area contributed by atoms with Crippen LogP contribution in [-0.2, 0) is 38.6 Å². The van der Waals surface area contributed by atoms with E-state index in [9.17, 15) is 34.2 Å². The van der Waals surface area contributed by atoms with Crippen molar-refractivity contribution in [2.24, 2.45) is 5.41 Å². The molecule has 0 radical (unpaired) electrons. The minimum atomic E-state index is -1.13. The summed E-state index contributed by atoms with van der Waals surface area (Å²) in [6.45, 7) is 12.7. The lowest BCUT2D eigenvalue weighted by molar-refractivity contribution is -0.144. The van der Waals surface area contributed by atoms with Crippen LogP contribution in [0.4, 0.5) is 26.3 Å². The van der Waals surface area contributed by atoms with Gasteiger partial charge in [0, 0.05) is 86.6 Å². The van der Waals surface area contributed by atoms with Crippen LogP contribution in [0.5, 0.6) is 5.75 Å². The van der Waals surface area contributed by atoms with Crippen LogP contribution < -0.4 is 25.6 Å². The molecule has 20 nitrogen and oxygen atoms in total. The van der Waals surface area contributed by atoms with E-state index >= 15 is 4.39 Å². The predicted molar refractivity (Wildman–Crippen MR) is 325 cm³/mol. The fraction of sp³-hybridized carbons (Fsp3) is 0.410. The minimum absolute atomic E-state index is 0.0343. The highest BCUT2D eigenvalue weighted by Crippen LogP contribution is 2.40. The number of carboxylic acids is 1. The number of hydrogen-bond donors (Lipinski definition) is 5. The summed E-state index contributed by atoms with van der Waals surface area (Å²) in [5.41, 5.74) is 7.18. The van der Waals surface area contributed by atoms with Gasteiger partial charge in [0.15, 0.2) is 39.2 Å². The number of aromatic nitrogens is 5. The molecule has 0 spiro atoms. The zero-order chi connectivity index (χ0) is 59.9. The summed E-state index contributed by atoms with van der Waals surface area (Å²) in [6, 6.07) is 18.3. The Morgan fingerprint density at radius 1 is 0.941 bits per heavy atom. The van der Waals surface area contributed by atoms with Gasteiger partial charge in [0.1, 0.15) is 12.1 Å². The van der Waals surface area contributed by atoms with Crippen LogP contribution in [0, 0.1) is 36.9 Å². The number of nitrogens with zero attached hydrogens (tertiary/aromatic N) is 9. The highest BCUT2D eigenvalue weighted by molar-refractivity contribution is 7.22. The maximum atomic E-state index is 15.3. The Bertz CT molecular complexity index is 3640. The number of carbonyl (C=O) groups is 5. The van der Waals surface area contributed by atoms with Crippen LogP contribution in [0.3, 0.4) is 0 Å². The number of benzene rings is 3. The molecule has 4 aromatic heterocycles. The second-order valence-corrected chi connectivity index (χ2v) is 25.4. The summed E-state index contributed by atoms with van der Waals surface area (Å²) in [4.78, 5) is 89.0. The maximum Gasteiger partial charge on any atom is 0.355 e. The number of nitrogens with one attached hydrogen (secondary N) is 3. The summed E-state index contributed by atoms with van der Waals surface area (Å²) in [6.07, 6.45) is 1.32. The molecule has 3 aliphatic heterocycles. The topological polar surface area (TPSA) is 249 Å². The Labute approximate surface area is 503 Å². The molecule has 4 amide bonds. The van der Waals surface area contributed by atoms with Crippen molar-refractivity contribution in [3.05, 3.63) is 117 Å². The number of thiazole rings is 3. The van der Waals surface area contributed by atoms with Crippen LogP contribution in [0.25, 0.3) is 20.7 Å². The number of likely N-dealkylation sites (tertiary alicyclic amines) is 1. The molecule has 2 saturated heterocycles. The molecule has 7 aromatic rings. The zero-order valence-electron chi connectivity index (χ0n) is 47.9. The molecule has 10 rings (SSSR count). The standard InChI is InChI=1S/C61H67FN12O8S3/c1-36-42-12-9-25-73(55(42)70-69-54(36)68-59-65-44-13-6-7-14-47(44)84-59)60-67-51(58(80)81)48(85-60)15-10-30-82-46-21-18-38(31-43(46)62)11-8-24-71-26-28-72(29-27-71)50(77)23-22-49(76)66-53(61(3,4)5)57(79)74-34-41(75)32-45(74)56(78)63-33-39-16-19-40(20-17-39)52-37(2)64-35-83-52/h6-7,13-14,16-21,31,35,41,45,53,75H,9-10,12,15,22-30,32-34H2,1-5H3,(H,63,78)(H,66,76)(H,80,81)(H,65,68,69)/t41-,45+,53-/m1/s1. The molecule has 7 heterocycles. The molecule has 0 bridgehead atoms. The van der Waals surface area contributed by atoms with E-state index in [4.69, 9.17) is 4.74 Å². The first-order valence-electron chi connectivity index (χ1n) is 28.3. The van der Waals surface area contributed by atoms with E-state index < -0.39 is 53.1 Å². The number of anilines is 4. The van der Waals surface area contributed by atoms with Crippen molar-refractivity contribution in [2.75, 3.05) is 62.6 Å². The summed E-state index contributed by atoms with van der Waals surface area (Å²) >= 11 is 4.39. The monoisotopic (exact) mass is 1210 g/mol. The van der Waals surface area contributed by atoms with Gasteiger partial charge in [0.2, 0.25) is 23.6 Å². The van der Waals surface area contributed by atoms with Crippen molar-refractivity contribution >= 4 is 95.7 Å². The number of carbonyl (C=O) groups excluding carboxylic acids is 4. The lowest BCUT2D eigenvalue weighted by atomic mass is 9.85. The number of ether oxygens (including phenoxy) is 1. The number of β-amino-alcohol motifs (C(OH)–C–C–N with tert-alkyl or cyclic N) is 1. The molecule has 5 N–H and O–H groups in total. The highest BCUT2D eigenvalue weighted by Gasteiger charge is 2.44. The number of carboxylic acid groups (broad SMARTS) is 1. The minimum Gasteiger partial charge on any atom is -0.491 e. The smallest absolute Gasteiger partial charge is 0.355 e. The third kappa shape index (κ3) is 14.4. The average Bonchev–Trinajstić information content (AvgIpc) is 4.50. The van der Waals surface area contributed by atoms with E-state index in [0.29, 0.717) is 79.3 Å². The van der Waals surface area contributed by atoms with Gasteiger partial charge in [-0.1, -0.05) is 80.3 Å². The summed E-state index contributed by atoms with van der Waals surface area (Å²) in [5.74, 6) is 4.19. The maximum absolute atomic E-state index is 15.3. The van der Waals surface area contributed by atoms with E-state index in [1.165, 1.54) is 39.7 Å². The Kier molecular flexibility index (Phi) is 18.8. The Balaban J connectivity index is 0.644.